The molecule has 2 rings (SSSR count). The topological polar surface area (TPSA) is 92.3 Å². The highest BCUT2D eigenvalue weighted by Gasteiger charge is 2.28. The number of benzene rings is 1. The Bertz CT molecular complexity index is 703. The van der Waals surface area contributed by atoms with Crippen LogP contribution in [0.5, 0.6) is 0 Å². The number of hydrogen-bond donors (Lipinski definition) is 2. The van der Waals surface area contributed by atoms with Gasteiger partial charge in [0.15, 0.2) is 9.84 Å². The highest BCUT2D eigenvalue weighted by atomic mass is 79.9. The van der Waals surface area contributed by atoms with Crippen LogP contribution in [0, 0.1) is 5.92 Å². The first-order chi connectivity index (χ1) is 11.2. The monoisotopic (exact) mass is 416 g/mol. The van der Waals surface area contributed by atoms with E-state index >= 15 is 0 Å². The number of carbonyl (C=O) groups excluding carboxylic acids is 2. The molecule has 6 nitrogen and oxygen atoms in total. The van der Waals surface area contributed by atoms with Crippen molar-refractivity contribution in [2.24, 2.45) is 5.92 Å². The zero-order valence-corrected chi connectivity index (χ0v) is 15.8. The Hall–Kier alpha value is -1.41. The zero-order valence-electron chi connectivity index (χ0n) is 13.4. The van der Waals surface area contributed by atoms with Gasteiger partial charge in [0.1, 0.15) is 6.04 Å². The van der Waals surface area contributed by atoms with Crippen LogP contribution in [0.4, 0.5) is 0 Å². The summed E-state index contributed by atoms with van der Waals surface area (Å²) in [5, 5.41) is 5.37. The second kappa shape index (κ2) is 8.11. The molecule has 1 aliphatic heterocycles. The largest absolute Gasteiger partial charge is 0.354 e. The molecule has 0 aromatic heterocycles. The van der Waals surface area contributed by atoms with Crippen LogP contribution in [0.25, 0.3) is 0 Å². The van der Waals surface area contributed by atoms with E-state index < -0.39 is 15.9 Å². The first kappa shape index (κ1) is 18.9. The summed E-state index contributed by atoms with van der Waals surface area (Å²) in [6.07, 6.45) is 0.776. The molecule has 2 atom stereocenters. The van der Waals surface area contributed by atoms with Crippen molar-refractivity contribution in [1.82, 2.24) is 10.6 Å². The van der Waals surface area contributed by atoms with Crippen LogP contribution in [-0.4, -0.2) is 44.3 Å². The Kier molecular flexibility index (Phi) is 6.40. The van der Waals surface area contributed by atoms with E-state index in [2.05, 4.69) is 26.6 Å². The van der Waals surface area contributed by atoms with E-state index in [0.717, 1.165) is 10.0 Å². The summed E-state index contributed by atoms with van der Waals surface area (Å²) < 4.78 is 23.7. The lowest BCUT2D eigenvalue weighted by Crippen LogP contribution is -2.46. The third-order valence-corrected chi connectivity index (χ3v) is 6.31. The van der Waals surface area contributed by atoms with Gasteiger partial charge in [0.25, 0.3) is 0 Å². The van der Waals surface area contributed by atoms with Crippen molar-refractivity contribution >= 4 is 37.6 Å². The quantitative estimate of drug-likeness (QED) is 0.724. The Morgan fingerprint density at radius 2 is 1.96 bits per heavy atom. The molecule has 24 heavy (non-hydrogen) atoms. The van der Waals surface area contributed by atoms with Gasteiger partial charge in [-0.1, -0.05) is 28.1 Å². The fourth-order valence-corrected chi connectivity index (χ4v) is 4.70. The molecular formula is C16H21BrN2O4S. The molecule has 2 amide bonds. The summed E-state index contributed by atoms with van der Waals surface area (Å²) in [5.41, 5.74) is 0.861. The first-order valence-corrected chi connectivity index (χ1v) is 10.4. The smallest absolute Gasteiger partial charge is 0.242 e. The van der Waals surface area contributed by atoms with Gasteiger partial charge in [-0.15, -0.1) is 0 Å². The summed E-state index contributed by atoms with van der Waals surface area (Å²) in [7, 11) is -2.94. The molecular weight excluding hydrogens is 396 g/mol. The molecule has 1 aliphatic rings. The van der Waals surface area contributed by atoms with E-state index in [1.165, 1.54) is 0 Å². The lowest BCUT2D eigenvalue weighted by atomic mass is 10.1. The van der Waals surface area contributed by atoms with Crippen LogP contribution in [0.3, 0.4) is 0 Å². The predicted molar refractivity (Wildman–Crippen MR) is 95.2 cm³/mol. The minimum Gasteiger partial charge on any atom is -0.354 e. The van der Waals surface area contributed by atoms with Gasteiger partial charge in [0, 0.05) is 11.0 Å². The zero-order chi connectivity index (χ0) is 17.7. The highest BCUT2D eigenvalue weighted by Crippen LogP contribution is 2.17. The normalized spacial score (nSPS) is 20.3. The third kappa shape index (κ3) is 5.90. The Balaban J connectivity index is 1.74. The molecule has 2 unspecified atom stereocenters. The molecule has 1 saturated heterocycles. The molecule has 0 aliphatic carbocycles. The van der Waals surface area contributed by atoms with Gasteiger partial charge in [-0.05, 0) is 37.0 Å². The number of halogens is 1. The first-order valence-electron chi connectivity index (χ1n) is 7.77. The number of carbonyl (C=O) groups is 2. The molecule has 0 bridgehead atoms. The van der Waals surface area contributed by atoms with Crippen molar-refractivity contribution in [3.05, 3.63) is 34.3 Å². The van der Waals surface area contributed by atoms with Crippen molar-refractivity contribution in [1.29, 1.82) is 0 Å². The Morgan fingerprint density at radius 3 is 2.54 bits per heavy atom. The average Bonchev–Trinajstić information content (AvgIpc) is 2.86. The molecule has 1 fully saturated rings. The van der Waals surface area contributed by atoms with Gasteiger partial charge in [0.2, 0.25) is 11.8 Å². The number of amides is 2. The van der Waals surface area contributed by atoms with Gasteiger partial charge >= 0.3 is 0 Å². The van der Waals surface area contributed by atoms with Crippen molar-refractivity contribution in [2.75, 3.05) is 18.1 Å². The highest BCUT2D eigenvalue weighted by molar-refractivity contribution is 9.10. The lowest BCUT2D eigenvalue weighted by molar-refractivity contribution is -0.128. The van der Waals surface area contributed by atoms with Crippen molar-refractivity contribution < 1.29 is 18.0 Å². The molecule has 1 heterocycles. The second-order valence-electron chi connectivity index (χ2n) is 6.11. The number of sulfone groups is 1. The summed E-state index contributed by atoms with van der Waals surface area (Å²) in [6, 6.07) is 6.73. The molecule has 2 N–H and O–H groups in total. The third-order valence-electron chi connectivity index (χ3n) is 3.94. The van der Waals surface area contributed by atoms with Crippen molar-refractivity contribution in [3.8, 4) is 0 Å². The maximum atomic E-state index is 12.0. The van der Waals surface area contributed by atoms with Gasteiger partial charge in [0.05, 0.1) is 17.9 Å². The van der Waals surface area contributed by atoms with E-state index in [9.17, 15) is 18.0 Å². The Labute approximate surface area is 150 Å². The van der Waals surface area contributed by atoms with Crippen LogP contribution in [0.2, 0.25) is 0 Å². The molecule has 8 heteroatoms. The Morgan fingerprint density at radius 1 is 1.29 bits per heavy atom. The van der Waals surface area contributed by atoms with Crippen molar-refractivity contribution in [2.45, 2.75) is 25.8 Å². The fourth-order valence-electron chi connectivity index (χ4n) is 2.58. The number of rotatable bonds is 6. The van der Waals surface area contributed by atoms with Gasteiger partial charge in [-0.25, -0.2) is 8.42 Å². The van der Waals surface area contributed by atoms with E-state index in [1.54, 1.807) is 6.92 Å². The van der Waals surface area contributed by atoms with Gasteiger partial charge < -0.3 is 10.6 Å². The summed E-state index contributed by atoms with van der Waals surface area (Å²) >= 11 is 3.33. The molecule has 0 radical (unpaired) electrons. The van der Waals surface area contributed by atoms with Crippen LogP contribution in [-0.2, 0) is 25.8 Å². The SMILES string of the molecule is CC(NC(=O)Cc1ccc(Br)cc1)C(=O)NCC1CCS(=O)(=O)C1. The van der Waals surface area contributed by atoms with E-state index in [4.69, 9.17) is 0 Å². The van der Waals surface area contributed by atoms with E-state index in [1.807, 2.05) is 24.3 Å². The lowest BCUT2D eigenvalue weighted by Gasteiger charge is -2.16. The fraction of sp³-hybridized carbons (Fsp3) is 0.500. The van der Waals surface area contributed by atoms with Crippen LogP contribution in [0.15, 0.2) is 28.7 Å². The van der Waals surface area contributed by atoms with Gasteiger partial charge in [-0.3, -0.25) is 9.59 Å². The maximum absolute atomic E-state index is 12.0. The maximum Gasteiger partial charge on any atom is 0.242 e. The molecule has 1 aromatic carbocycles. The minimum absolute atomic E-state index is 0.0374. The molecule has 0 saturated carbocycles. The van der Waals surface area contributed by atoms with Crippen LogP contribution >= 0.6 is 15.9 Å². The molecule has 1 aromatic rings. The summed E-state index contributed by atoms with van der Waals surface area (Å²) in [4.78, 5) is 24.0. The van der Waals surface area contributed by atoms with Crippen LogP contribution < -0.4 is 10.6 Å². The summed E-state index contributed by atoms with van der Waals surface area (Å²) in [6.45, 7) is 1.94. The standard InChI is InChI=1S/C16H21BrN2O4S/c1-11(16(21)18-9-13-6-7-24(22,23)10-13)19-15(20)8-12-2-4-14(17)5-3-12/h2-5,11,13H,6-10H2,1H3,(H,18,21)(H,19,20). The second-order valence-corrected chi connectivity index (χ2v) is 9.25. The van der Waals surface area contributed by atoms with Gasteiger partial charge in [-0.2, -0.15) is 0 Å². The van der Waals surface area contributed by atoms with Crippen LogP contribution in [0.1, 0.15) is 18.9 Å². The average molecular weight is 417 g/mol. The minimum atomic E-state index is -2.94. The van der Waals surface area contributed by atoms with E-state index in [0.29, 0.717) is 13.0 Å². The number of nitrogens with one attached hydrogen (secondary N) is 2. The molecule has 0 spiro atoms. The van der Waals surface area contributed by atoms with Crippen molar-refractivity contribution in [3.63, 3.8) is 0 Å². The molecule has 132 valence electrons. The predicted octanol–water partition coefficient (Wildman–Crippen LogP) is 1.05. The number of hydrogen-bond acceptors (Lipinski definition) is 4. The van der Waals surface area contributed by atoms with E-state index in [-0.39, 0.29) is 35.7 Å². The summed E-state index contributed by atoms with van der Waals surface area (Å²) in [5.74, 6) is -0.263.